The van der Waals surface area contributed by atoms with Crippen LogP contribution < -0.4 is 16.0 Å². The molecule has 0 aliphatic rings. The third-order valence-corrected chi connectivity index (χ3v) is 2.17. The van der Waals surface area contributed by atoms with Gasteiger partial charge in [0, 0.05) is 24.3 Å². The van der Waals surface area contributed by atoms with Crippen LogP contribution >= 0.6 is 0 Å². The lowest BCUT2D eigenvalue weighted by Gasteiger charge is -2.11. The van der Waals surface area contributed by atoms with Gasteiger partial charge in [-0.05, 0) is 27.7 Å². The number of hydrogen-bond acceptors (Lipinski definition) is 5. The fourth-order valence-electron chi connectivity index (χ4n) is 1.40. The summed E-state index contributed by atoms with van der Waals surface area (Å²) >= 11 is 0. The quantitative estimate of drug-likeness (QED) is 0.707. The van der Waals surface area contributed by atoms with E-state index in [9.17, 15) is 4.79 Å². The number of carbonyl (C=O) groups is 1. The van der Waals surface area contributed by atoms with E-state index in [1.54, 1.807) is 6.20 Å². The Bertz CT molecular complexity index is 405. The third-order valence-electron chi connectivity index (χ3n) is 2.17. The van der Waals surface area contributed by atoms with Gasteiger partial charge >= 0.3 is 0 Å². The summed E-state index contributed by atoms with van der Waals surface area (Å²) in [5.74, 6) is 1.20. The molecule has 1 aromatic heterocycles. The van der Waals surface area contributed by atoms with Gasteiger partial charge in [-0.2, -0.15) is 4.98 Å². The van der Waals surface area contributed by atoms with E-state index in [1.807, 2.05) is 27.7 Å². The Morgan fingerprint density at radius 1 is 1.39 bits per heavy atom. The average molecular weight is 251 g/mol. The maximum atomic E-state index is 11.5. The summed E-state index contributed by atoms with van der Waals surface area (Å²) in [4.78, 5) is 20.0. The van der Waals surface area contributed by atoms with E-state index in [-0.39, 0.29) is 18.5 Å². The van der Waals surface area contributed by atoms with Crippen LogP contribution in [0.5, 0.6) is 0 Å². The summed E-state index contributed by atoms with van der Waals surface area (Å²) in [7, 11) is 0. The summed E-state index contributed by atoms with van der Waals surface area (Å²) in [5, 5.41) is 8.86. The van der Waals surface area contributed by atoms with E-state index in [4.69, 9.17) is 0 Å². The molecule has 0 spiro atoms. The van der Waals surface area contributed by atoms with Gasteiger partial charge in [0.05, 0.1) is 6.54 Å². The Labute approximate surface area is 108 Å². The molecule has 0 aliphatic carbocycles. The fourth-order valence-corrected chi connectivity index (χ4v) is 1.40. The van der Waals surface area contributed by atoms with Crippen molar-refractivity contribution in [2.75, 3.05) is 23.7 Å². The van der Waals surface area contributed by atoms with Gasteiger partial charge in [-0.1, -0.05) is 0 Å². The van der Waals surface area contributed by atoms with Crippen molar-refractivity contribution >= 4 is 17.7 Å². The molecule has 0 radical (unpaired) electrons. The van der Waals surface area contributed by atoms with Crippen LogP contribution in [0.1, 0.15) is 26.3 Å². The summed E-state index contributed by atoms with van der Waals surface area (Å²) in [6.45, 7) is 8.71. The first kappa shape index (κ1) is 14.2. The fraction of sp³-hybridized carbons (Fsp3) is 0.583. The second-order valence-corrected chi connectivity index (χ2v) is 4.33. The summed E-state index contributed by atoms with van der Waals surface area (Å²) in [5.41, 5.74) is 0.911. The number of hydrogen-bond donors (Lipinski definition) is 3. The van der Waals surface area contributed by atoms with E-state index in [0.29, 0.717) is 11.8 Å². The standard InChI is InChI=1S/C12H21N5O/c1-5-13-12-15-6-9(4)11(17-12)14-7-10(18)16-8(2)3/h6,8H,5,7H2,1-4H3,(H,16,18)(H2,13,14,15,17). The molecular formula is C12H21N5O. The molecule has 0 saturated carbocycles. The molecule has 1 amide bonds. The summed E-state index contributed by atoms with van der Waals surface area (Å²) < 4.78 is 0. The molecule has 0 bridgehead atoms. The number of aryl methyl sites for hydroxylation is 1. The highest BCUT2D eigenvalue weighted by Gasteiger charge is 2.06. The van der Waals surface area contributed by atoms with Crippen LogP contribution in [0, 0.1) is 6.92 Å². The largest absolute Gasteiger partial charge is 0.361 e. The van der Waals surface area contributed by atoms with E-state index in [1.165, 1.54) is 0 Å². The van der Waals surface area contributed by atoms with Gasteiger partial charge in [0.1, 0.15) is 5.82 Å². The van der Waals surface area contributed by atoms with Gasteiger partial charge in [0.25, 0.3) is 0 Å². The second-order valence-electron chi connectivity index (χ2n) is 4.33. The van der Waals surface area contributed by atoms with Gasteiger partial charge in [0.2, 0.25) is 11.9 Å². The molecule has 18 heavy (non-hydrogen) atoms. The van der Waals surface area contributed by atoms with Crippen molar-refractivity contribution in [3.05, 3.63) is 11.8 Å². The van der Waals surface area contributed by atoms with Crippen molar-refractivity contribution in [3.8, 4) is 0 Å². The van der Waals surface area contributed by atoms with Crippen LogP contribution in [0.3, 0.4) is 0 Å². The minimum Gasteiger partial charge on any atom is -0.361 e. The number of nitrogens with one attached hydrogen (secondary N) is 3. The van der Waals surface area contributed by atoms with Crippen molar-refractivity contribution in [1.82, 2.24) is 15.3 Å². The van der Waals surface area contributed by atoms with E-state index in [2.05, 4.69) is 25.9 Å². The predicted molar refractivity (Wildman–Crippen MR) is 72.7 cm³/mol. The third kappa shape index (κ3) is 4.57. The average Bonchev–Trinajstić information content (AvgIpc) is 2.29. The van der Waals surface area contributed by atoms with Crippen LogP contribution in [0.15, 0.2) is 6.20 Å². The number of amides is 1. The number of nitrogens with zero attached hydrogens (tertiary/aromatic N) is 2. The number of carbonyl (C=O) groups excluding carboxylic acids is 1. The molecule has 1 rings (SSSR count). The molecular weight excluding hydrogens is 230 g/mol. The zero-order valence-electron chi connectivity index (χ0n) is 11.4. The SMILES string of the molecule is CCNc1ncc(C)c(NCC(=O)NC(C)C)n1. The molecule has 1 aromatic rings. The predicted octanol–water partition coefficient (Wildman–Crippen LogP) is 1.15. The highest BCUT2D eigenvalue weighted by atomic mass is 16.1. The van der Waals surface area contributed by atoms with Crippen molar-refractivity contribution in [2.24, 2.45) is 0 Å². The molecule has 0 fully saturated rings. The normalized spacial score (nSPS) is 10.3. The zero-order chi connectivity index (χ0) is 13.5. The zero-order valence-corrected chi connectivity index (χ0v) is 11.4. The molecule has 6 nitrogen and oxygen atoms in total. The van der Waals surface area contributed by atoms with Crippen molar-refractivity contribution in [1.29, 1.82) is 0 Å². The molecule has 100 valence electrons. The van der Waals surface area contributed by atoms with E-state index < -0.39 is 0 Å². The Morgan fingerprint density at radius 3 is 2.72 bits per heavy atom. The molecule has 3 N–H and O–H groups in total. The first-order chi connectivity index (χ1) is 8.52. The van der Waals surface area contributed by atoms with Crippen molar-refractivity contribution < 1.29 is 4.79 Å². The smallest absolute Gasteiger partial charge is 0.239 e. The minimum absolute atomic E-state index is 0.0481. The Morgan fingerprint density at radius 2 is 2.11 bits per heavy atom. The summed E-state index contributed by atoms with van der Waals surface area (Å²) in [6, 6.07) is 0.142. The molecule has 0 aromatic carbocycles. The number of aromatic nitrogens is 2. The topological polar surface area (TPSA) is 78.9 Å². The van der Waals surface area contributed by atoms with Crippen LogP contribution in [0.25, 0.3) is 0 Å². The van der Waals surface area contributed by atoms with Gasteiger partial charge in [-0.25, -0.2) is 4.98 Å². The lowest BCUT2D eigenvalue weighted by molar-refractivity contribution is -0.119. The maximum absolute atomic E-state index is 11.5. The molecule has 0 saturated heterocycles. The van der Waals surface area contributed by atoms with E-state index >= 15 is 0 Å². The maximum Gasteiger partial charge on any atom is 0.239 e. The summed E-state index contributed by atoms with van der Waals surface area (Å²) in [6.07, 6.45) is 1.73. The van der Waals surface area contributed by atoms with Crippen LogP contribution in [-0.4, -0.2) is 35.0 Å². The number of rotatable bonds is 6. The monoisotopic (exact) mass is 251 g/mol. The number of anilines is 2. The molecule has 0 atom stereocenters. The highest BCUT2D eigenvalue weighted by Crippen LogP contribution is 2.11. The molecule has 6 heteroatoms. The van der Waals surface area contributed by atoms with Crippen LogP contribution in [-0.2, 0) is 4.79 Å². The van der Waals surface area contributed by atoms with Gasteiger partial charge in [-0.15, -0.1) is 0 Å². The Balaban J connectivity index is 2.60. The lowest BCUT2D eigenvalue weighted by Crippen LogP contribution is -2.35. The van der Waals surface area contributed by atoms with Crippen LogP contribution in [0.4, 0.5) is 11.8 Å². The van der Waals surface area contributed by atoms with Crippen molar-refractivity contribution in [2.45, 2.75) is 33.7 Å². The molecule has 0 aliphatic heterocycles. The van der Waals surface area contributed by atoms with E-state index in [0.717, 1.165) is 12.1 Å². The van der Waals surface area contributed by atoms with Crippen molar-refractivity contribution in [3.63, 3.8) is 0 Å². The van der Waals surface area contributed by atoms with Gasteiger partial charge < -0.3 is 16.0 Å². The first-order valence-corrected chi connectivity index (χ1v) is 6.13. The molecule has 1 heterocycles. The second kappa shape index (κ2) is 6.78. The minimum atomic E-state index is -0.0481. The Hall–Kier alpha value is -1.85. The highest BCUT2D eigenvalue weighted by molar-refractivity contribution is 5.80. The van der Waals surface area contributed by atoms with Gasteiger partial charge in [-0.3, -0.25) is 4.79 Å². The van der Waals surface area contributed by atoms with Gasteiger partial charge in [0.15, 0.2) is 0 Å². The Kier molecular flexibility index (Phi) is 5.35. The molecule has 0 unspecified atom stereocenters. The lowest BCUT2D eigenvalue weighted by atomic mass is 10.3. The first-order valence-electron chi connectivity index (χ1n) is 6.13. The van der Waals surface area contributed by atoms with Crippen LogP contribution in [0.2, 0.25) is 0 Å².